The van der Waals surface area contributed by atoms with Crippen LogP contribution in [0.25, 0.3) is 0 Å². The van der Waals surface area contributed by atoms with Crippen LogP contribution in [0.1, 0.15) is 42.4 Å². The zero-order valence-corrected chi connectivity index (χ0v) is 12.3. The molecule has 1 N–H and O–H groups in total. The molecule has 4 heteroatoms. The highest BCUT2D eigenvalue weighted by atomic mass is 32.1. The van der Waals surface area contributed by atoms with E-state index in [9.17, 15) is 0 Å². The van der Waals surface area contributed by atoms with Crippen LogP contribution in [-0.2, 0) is 0 Å². The van der Waals surface area contributed by atoms with Gasteiger partial charge in [-0.2, -0.15) is 0 Å². The van der Waals surface area contributed by atoms with Gasteiger partial charge in [0, 0.05) is 36.1 Å². The van der Waals surface area contributed by atoms with Gasteiger partial charge < -0.3 is 5.32 Å². The van der Waals surface area contributed by atoms with Crippen LogP contribution in [0.3, 0.4) is 0 Å². The normalized spacial score (nSPS) is 22.6. The highest BCUT2D eigenvalue weighted by molar-refractivity contribution is 7.11. The molecule has 2 rings (SSSR count). The zero-order valence-electron chi connectivity index (χ0n) is 11.5. The molecule has 1 aromatic heterocycles. The van der Waals surface area contributed by atoms with E-state index in [4.69, 9.17) is 0 Å². The van der Waals surface area contributed by atoms with Gasteiger partial charge in [-0.05, 0) is 34.6 Å². The molecule has 0 saturated carbocycles. The standard InChI is InChI=1S/C13H23N3S/c1-9-12(17-11(3)15-9)10(2)16-7-6-14-13(4,5)8-16/h10,14H,6-8H2,1-5H3. The Balaban J connectivity index is 2.14. The zero-order chi connectivity index (χ0) is 12.6. The summed E-state index contributed by atoms with van der Waals surface area (Å²) >= 11 is 1.84. The highest BCUT2D eigenvalue weighted by Crippen LogP contribution is 2.30. The number of aromatic nitrogens is 1. The minimum absolute atomic E-state index is 0.222. The third-order valence-electron chi connectivity index (χ3n) is 3.47. The van der Waals surface area contributed by atoms with Crippen LogP contribution in [0.15, 0.2) is 0 Å². The maximum absolute atomic E-state index is 4.54. The van der Waals surface area contributed by atoms with Gasteiger partial charge >= 0.3 is 0 Å². The highest BCUT2D eigenvalue weighted by Gasteiger charge is 2.30. The first-order chi connectivity index (χ1) is 7.89. The van der Waals surface area contributed by atoms with Crippen LogP contribution in [0.4, 0.5) is 0 Å². The number of rotatable bonds is 2. The molecule has 1 atom stereocenters. The summed E-state index contributed by atoms with van der Waals surface area (Å²) in [5.41, 5.74) is 1.43. The summed E-state index contributed by atoms with van der Waals surface area (Å²) in [5.74, 6) is 0. The molecule has 2 heterocycles. The average molecular weight is 253 g/mol. The van der Waals surface area contributed by atoms with Gasteiger partial charge in [-0.3, -0.25) is 4.90 Å². The first-order valence-electron chi connectivity index (χ1n) is 6.32. The number of nitrogens with one attached hydrogen (secondary N) is 1. The fraction of sp³-hybridized carbons (Fsp3) is 0.769. The summed E-state index contributed by atoms with van der Waals surface area (Å²) in [6.45, 7) is 14.4. The van der Waals surface area contributed by atoms with Crippen molar-refractivity contribution in [2.75, 3.05) is 19.6 Å². The van der Waals surface area contributed by atoms with Gasteiger partial charge in [-0.25, -0.2) is 4.98 Å². The number of thiazole rings is 1. The van der Waals surface area contributed by atoms with Gasteiger partial charge in [-0.1, -0.05) is 0 Å². The molecule has 0 aromatic carbocycles. The molecule has 3 nitrogen and oxygen atoms in total. The third kappa shape index (κ3) is 2.87. The topological polar surface area (TPSA) is 28.2 Å². The van der Waals surface area contributed by atoms with Crippen molar-refractivity contribution < 1.29 is 0 Å². The SMILES string of the molecule is Cc1nc(C)c(C(C)N2CCNC(C)(C)C2)s1. The van der Waals surface area contributed by atoms with Crippen molar-refractivity contribution in [2.45, 2.75) is 46.2 Å². The van der Waals surface area contributed by atoms with Crippen molar-refractivity contribution in [1.29, 1.82) is 0 Å². The van der Waals surface area contributed by atoms with Crippen LogP contribution in [0.2, 0.25) is 0 Å². The van der Waals surface area contributed by atoms with Crippen molar-refractivity contribution in [3.05, 3.63) is 15.6 Å². The third-order valence-corrected chi connectivity index (χ3v) is 4.71. The van der Waals surface area contributed by atoms with Crippen molar-refractivity contribution in [3.63, 3.8) is 0 Å². The first kappa shape index (κ1) is 13.0. The summed E-state index contributed by atoms with van der Waals surface area (Å²) in [6, 6.07) is 0.488. The van der Waals surface area contributed by atoms with Crippen LogP contribution in [0.5, 0.6) is 0 Å². The average Bonchev–Trinajstić information content (AvgIpc) is 2.55. The molecular weight excluding hydrogens is 230 g/mol. The number of aryl methyl sites for hydroxylation is 2. The quantitative estimate of drug-likeness (QED) is 0.878. The Morgan fingerprint density at radius 2 is 2.12 bits per heavy atom. The molecule has 17 heavy (non-hydrogen) atoms. The van der Waals surface area contributed by atoms with Crippen LogP contribution in [-0.4, -0.2) is 35.1 Å². The van der Waals surface area contributed by atoms with E-state index in [-0.39, 0.29) is 5.54 Å². The molecule has 1 fully saturated rings. The largest absolute Gasteiger partial charge is 0.309 e. The molecule has 1 aromatic rings. The summed E-state index contributed by atoms with van der Waals surface area (Å²) in [4.78, 5) is 8.54. The molecule has 0 spiro atoms. The minimum Gasteiger partial charge on any atom is -0.309 e. The second-order valence-corrected chi connectivity index (χ2v) is 6.87. The molecule has 0 bridgehead atoms. The molecule has 1 aliphatic rings. The Kier molecular flexibility index (Phi) is 3.57. The second-order valence-electron chi connectivity index (χ2n) is 5.64. The smallest absolute Gasteiger partial charge is 0.0900 e. The minimum atomic E-state index is 0.222. The maximum Gasteiger partial charge on any atom is 0.0900 e. The summed E-state index contributed by atoms with van der Waals surface area (Å²) in [7, 11) is 0. The van der Waals surface area contributed by atoms with Gasteiger partial charge in [0.2, 0.25) is 0 Å². The fourth-order valence-electron chi connectivity index (χ4n) is 2.61. The molecule has 0 radical (unpaired) electrons. The van der Waals surface area contributed by atoms with E-state index < -0.39 is 0 Å². The van der Waals surface area contributed by atoms with Gasteiger partial charge in [0.1, 0.15) is 0 Å². The molecule has 1 saturated heterocycles. The van der Waals surface area contributed by atoms with Crippen LogP contribution in [0, 0.1) is 13.8 Å². The van der Waals surface area contributed by atoms with Crippen molar-refractivity contribution in [2.24, 2.45) is 0 Å². The van der Waals surface area contributed by atoms with Gasteiger partial charge in [0.05, 0.1) is 10.7 Å². The second kappa shape index (κ2) is 4.67. The lowest BCUT2D eigenvalue weighted by atomic mass is 10.0. The van der Waals surface area contributed by atoms with Gasteiger partial charge in [0.25, 0.3) is 0 Å². The Hall–Kier alpha value is -0.450. The van der Waals surface area contributed by atoms with E-state index in [0.29, 0.717) is 6.04 Å². The van der Waals surface area contributed by atoms with E-state index in [1.807, 2.05) is 11.3 Å². The molecular formula is C13H23N3S. The first-order valence-corrected chi connectivity index (χ1v) is 7.14. The van der Waals surface area contributed by atoms with Crippen molar-refractivity contribution in [1.82, 2.24) is 15.2 Å². The maximum atomic E-state index is 4.54. The number of hydrogen-bond donors (Lipinski definition) is 1. The van der Waals surface area contributed by atoms with E-state index >= 15 is 0 Å². The molecule has 1 unspecified atom stereocenters. The van der Waals surface area contributed by atoms with E-state index in [2.05, 4.69) is 49.8 Å². The van der Waals surface area contributed by atoms with E-state index in [0.717, 1.165) is 19.6 Å². The number of piperazine rings is 1. The monoisotopic (exact) mass is 253 g/mol. The summed E-state index contributed by atoms with van der Waals surface area (Å²) in [6.07, 6.45) is 0. The van der Waals surface area contributed by atoms with Crippen LogP contribution >= 0.6 is 11.3 Å². The molecule has 1 aliphatic heterocycles. The lowest BCUT2D eigenvalue weighted by molar-refractivity contribution is 0.118. The Morgan fingerprint density at radius 3 is 2.65 bits per heavy atom. The van der Waals surface area contributed by atoms with Gasteiger partial charge in [-0.15, -0.1) is 11.3 Å². The molecule has 0 amide bonds. The molecule has 0 aliphatic carbocycles. The lowest BCUT2D eigenvalue weighted by Crippen LogP contribution is -2.57. The molecule has 96 valence electrons. The lowest BCUT2D eigenvalue weighted by Gasteiger charge is -2.41. The van der Waals surface area contributed by atoms with E-state index in [1.165, 1.54) is 15.6 Å². The Labute approximate surface area is 108 Å². The van der Waals surface area contributed by atoms with Gasteiger partial charge in [0.15, 0.2) is 0 Å². The van der Waals surface area contributed by atoms with Crippen molar-refractivity contribution in [3.8, 4) is 0 Å². The number of hydrogen-bond acceptors (Lipinski definition) is 4. The predicted molar refractivity (Wildman–Crippen MR) is 73.7 cm³/mol. The van der Waals surface area contributed by atoms with Crippen molar-refractivity contribution >= 4 is 11.3 Å². The Morgan fingerprint density at radius 1 is 1.41 bits per heavy atom. The predicted octanol–water partition coefficient (Wildman–Crippen LogP) is 2.50. The summed E-state index contributed by atoms with van der Waals surface area (Å²) in [5, 5.41) is 4.74. The number of nitrogens with zero attached hydrogens (tertiary/aromatic N) is 2. The fourth-order valence-corrected chi connectivity index (χ4v) is 3.63. The summed E-state index contributed by atoms with van der Waals surface area (Å²) < 4.78 is 0. The van der Waals surface area contributed by atoms with E-state index in [1.54, 1.807) is 0 Å². The van der Waals surface area contributed by atoms with Crippen LogP contribution < -0.4 is 5.32 Å². The Bertz CT molecular complexity index is 397.